The van der Waals surface area contributed by atoms with Crippen molar-refractivity contribution in [1.82, 2.24) is 10.2 Å². The quantitative estimate of drug-likeness (QED) is 0.563. The average molecular weight is 386 g/mol. The van der Waals surface area contributed by atoms with Crippen LogP contribution in [0.15, 0.2) is 46.9 Å². The second kappa shape index (κ2) is 8.51. The van der Waals surface area contributed by atoms with Crippen LogP contribution in [0.3, 0.4) is 0 Å². The molecule has 0 unspecified atom stereocenters. The van der Waals surface area contributed by atoms with E-state index < -0.39 is 12.1 Å². The Bertz CT molecular complexity index is 955. The van der Waals surface area contributed by atoms with Crippen molar-refractivity contribution in [2.75, 3.05) is 13.7 Å². The van der Waals surface area contributed by atoms with E-state index in [0.717, 1.165) is 0 Å². The second-order valence-electron chi connectivity index (χ2n) is 5.80. The van der Waals surface area contributed by atoms with Crippen molar-refractivity contribution < 1.29 is 27.8 Å². The molecule has 0 saturated carbocycles. The maximum Gasteiger partial charge on any atom is 0.339 e. The Morgan fingerprint density at radius 3 is 2.57 bits per heavy atom. The summed E-state index contributed by atoms with van der Waals surface area (Å²) in [6, 6.07) is 10.4. The minimum absolute atomic E-state index is 0.131. The Hall–Kier alpha value is -3.42. The number of halogens is 1. The topological polar surface area (TPSA) is 83.7 Å². The van der Waals surface area contributed by atoms with E-state index in [1.54, 1.807) is 25.1 Å². The fourth-order valence-corrected chi connectivity index (χ4v) is 2.46. The van der Waals surface area contributed by atoms with E-state index in [1.165, 1.54) is 31.4 Å². The molecule has 2 aromatic carbocycles. The Morgan fingerprint density at radius 2 is 1.89 bits per heavy atom. The van der Waals surface area contributed by atoms with Gasteiger partial charge in [-0.25, -0.2) is 9.18 Å². The molecule has 146 valence electrons. The van der Waals surface area contributed by atoms with E-state index in [2.05, 4.69) is 10.2 Å². The summed E-state index contributed by atoms with van der Waals surface area (Å²) in [5.74, 6) is 0.373. The summed E-state index contributed by atoms with van der Waals surface area (Å²) in [5.41, 5.74) is 0.865. The number of rotatable bonds is 7. The first-order valence-electron chi connectivity index (χ1n) is 8.63. The molecular weight excluding hydrogens is 367 g/mol. The third-order valence-electron chi connectivity index (χ3n) is 3.86. The van der Waals surface area contributed by atoms with Gasteiger partial charge in [0.15, 0.2) is 17.6 Å². The van der Waals surface area contributed by atoms with Crippen molar-refractivity contribution in [3.05, 3.63) is 59.7 Å². The van der Waals surface area contributed by atoms with Crippen LogP contribution in [-0.2, 0) is 4.74 Å². The van der Waals surface area contributed by atoms with Crippen LogP contribution >= 0.6 is 0 Å². The summed E-state index contributed by atoms with van der Waals surface area (Å²) >= 11 is 0. The molecule has 0 fully saturated rings. The molecule has 0 bridgehead atoms. The monoisotopic (exact) mass is 386 g/mol. The van der Waals surface area contributed by atoms with Crippen molar-refractivity contribution in [2.45, 2.75) is 20.0 Å². The van der Waals surface area contributed by atoms with Crippen LogP contribution < -0.4 is 9.47 Å². The number of esters is 1. The van der Waals surface area contributed by atoms with Crippen LogP contribution in [0, 0.1) is 5.82 Å². The third-order valence-corrected chi connectivity index (χ3v) is 3.86. The molecule has 28 heavy (non-hydrogen) atoms. The summed E-state index contributed by atoms with van der Waals surface area (Å²) < 4.78 is 34.6. The Balaban J connectivity index is 1.72. The van der Waals surface area contributed by atoms with Gasteiger partial charge in [0.05, 0.1) is 19.3 Å². The summed E-state index contributed by atoms with van der Waals surface area (Å²) in [4.78, 5) is 12.4. The van der Waals surface area contributed by atoms with Crippen LogP contribution in [0.25, 0.3) is 11.5 Å². The molecule has 8 heteroatoms. The largest absolute Gasteiger partial charge is 0.493 e. The first-order valence-corrected chi connectivity index (χ1v) is 8.63. The molecule has 0 amide bonds. The van der Waals surface area contributed by atoms with Gasteiger partial charge in [-0.15, -0.1) is 10.2 Å². The number of carbonyl (C=O) groups is 1. The molecule has 0 aliphatic carbocycles. The molecule has 0 saturated heterocycles. The lowest BCUT2D eigenvalue weighted by atomic mass is 10.2. The van der Waals surface area contributed by atoms with Crippen LogP contribution in [-0.4, -0.2) is 29.9 Å². The number of nitrogens with zero attached hydrogens (tertiary/aromatic N) is 2. The van der Waals surface area contributed by atoms with Gasteiger partial charge in [-0.3, -0.25) is 0 Å². The first kappa shape index (κ1) is 19.3. The lowest BCUT2D eigenvalue weighted by molar-refractivity contribution is 0.0279. The highest BCUT2D eigenvalue weighted by Gasteiger charge is 2.21. The molecule has 3 aromatic rings. The number of methoxy groups -OCH3 is 1. The first-order chi connectivity index (χ1) is 13.5. The number of benzene rings is 2. The zero-order valence-corrected chi connectivity index (χ0v) is 15.6. The van der Waals surface area contributed by atoms with Crippen molar-refractivity contribution >= 4 is 5.97 Å². The number of hydrogen-bond acceptors (Lipinski definition) is 7. The number of carbonyl (C=O) groups excluding carboxylic acids is 1. The summed E-state index contributed by atoms with van der Waals surface area (Å²) in [6.07, 6.45) is -0.771. The normalized spacial score (nSPS) is 11.7. The van der Waals surface area contributed by atoms with Gasteiger partial charge in [-0.2, -0.15) is 0 Å². The molecular formula is C20H19FN2O5. The van der Waals surface area contributed by atoms with Gasteiger partial charge in [-0.1, -0.05) is 0 Å². The van der Waals surface area contributed by atoms with Gasteiger partial charge in [0.1, 0.15) is 5.82 Å². The molecule has 1 heterocycles. The van der Waals surface area contributed by atoms with Gasteiger partial charge in [0.2, 0.25) is 5.89 Å². The van der Waals surface area contributed by atoms with E-state index in [4.69, 9.17) is 18.6 Å². The highest BCUT2D eigenvalue weighted by atomic mass is 19.1. The number of aromatic nitrogens is 2. The second-order valence-corrected chi connectivity index (χ2v) is 5.80. The van der Waals surface area contributed by atoms with Crippen LogP contribution in [0.4, 0.5) is 4.39 Å². The highest BCUT2D eigenvalue weighted by Crippen LogP contribution is 2.29. The molecule has 0 radical (unpaired) electrons. The fraction of sp³-hybridized carbons (Fsp3) is 0.250. The molecule has 0 aliphatic heterocycles. The van der Waals surface area contributed by atoms with Crippen LogP contribution in [0.2, 0.25) is 0 Å². The van der Waals surface area contributed by atoms with E-state index >= 15 is 0 Å². The Kier molecular flexibility index (Phi) is 5.88. The average Bonchev–Trinajstić information content (AvgIpc) is 3.19. The molecule has 1 aromatic heterocycles. The van der Waals surface area contributed by atoms with E-state index in [9.17, 15) is 9.18 Å². The van der Waals surface area contributed by atoms with Crippen LogP contribution in [0.5, 0.6) is 11.5 Å². The van der Waals surface area contributed by atoms with E-state index in [0.29, 0.717) is 29.2 Å². The van der Waals surface area contributed by atoms with Gasteiger partial charge >= 0.3 is 5.97 Å². The van der Waals surface area contributed by atoms with Crippen molar-refractivity contribution in [1.29, 1.82) is 0 Å². The smallest absolute Gasteiger partial charge is 0.339 e. The number of ether oxygens (including phenoxy) is 3. The van der Waals surface area contributed by atoms with Crippen molar-refractivity contribution in [2.24, 2.45) is 0 Å². The highest BCUT2D eigenvalue weighted by molar-refractivity contribution is 5.90. The predicted octanol–water partition coefficient (Wildman–Crippen LogP) is 4.20. The summed E-state index contributed by atoms with van der Waals surface area (Å²) in [5, 5.41) is 7.82. The van der Waals surface area contributed by atoms with Crippen molar-refractivity contribution in [3.63, 3.8) is 0 Å². The van der Waals surface area contributed by atoms with E-state index in [-0.39, 0.29) is 17.6 Å². The summed E-state index contributed by atoms with van der Waals surface area (Å²) in [6.45, 7) is 3.88. The molecule has 0 N–H and O–H groups in total. The molecule has 1 atom stereocenters. The zero-order valence-electron chi connectivity index (χ0n) is 15.6. The molecule has 3 rings (SSSR count). The predicted molar refractivity (Wildman–Crippen MR) is 97.7 cm³/mol. The summed E-state index contributed by atoms with van der Waals surface area (Å²) in [7, 11) is 1.52. The lowest BCUT2D eigenvalue weighted by Gasteiger charge is -2.12. The van der Waals surface area contributed by atoms with Gasteiger partial charge in [0.25, 0.3) is 5.89 Å². The van der Waals surface area contributed by atoms with Crippen LogP contribution in [0.1, 0.15) is 36.2 Å². The lowest BCUT2D eigenvalue weighted by Crippen LogP contribution is -2.10. The SMILES string of the molecule is CCOc1cc(C(=O)O[C@H](C)c2nnc(-c3ccc(F)cc3)o2)ccc1OC. The zero-order chi connectivity index (χ0) is 20.1. The molecule has 7 nitrogen and oxygen atoms in total. The minimum Gasteiger partial charge on any atom is -0.493 e. The van der Waals surface area contributed by atoms with Gasteiger partial charge in [0, 0.05) is 5.56 Å². The van der Waals surface area contributed by atoms with Crippen molar-refractivity contribution in [3.8, 4) is 23.0 Å². The number of hydrogen-bond donors (Lipinski definition) is 0. The maximum atomic E-state index is 13.0. The standard InChI is InChI=1S/C20H19FN2O5/c1-4-26-17-11-14(7-10-16(17)25-3)20(24)27-12(2)18-22-23-19(28-18)13-5-8-15(21)9-6-13/h5-12H,4H2,1-3H3/t12-/m1/s1. The van der Waals surface area contributed by atoms with Gasteiger partial charge in [-0.05, 0) is 56.3 Å². The maximum absolute atomic E-state index is 13.0. The van der Waals surface area contributed by atoms with Gasteiger partial charge < -0.3 is 18.6 Å². The Labute approximate surface area is 161 Å². The van der Waals surface area contributed by atoms with E-state index in [1.807, 2.05) is 6.92 Å². The molecule has 0 aliphatic rings. The fourth-order valence-electron chi connectivity index (χ4n) is 2.46. The molecule has 0 spiro atoms. The third kappa shape index (κ3) is 4.28. The minimum atomic E-state index is -0.771. The Morgan fingerprint density at radius 1 is 1.14 bits per heavy atom.